The van der Waals surface area contributed by atoms with Crippen molar-refractivity contribution in [3.8, 4) is 12.3 Å². The molecule has 1 atom stereocenters. The molecule has 1 unspecified atom stereocenters. The predicted octanol–water partition coefficient (Wildman–Crippen LogP) is 3.73. The Morgan fingerprint density at radius 3 is 2.25 bits per heavy atom. The molecular formula is C10H8Cl2. The SMILES string of the molecule is C#CC(C)c1c(Cl)cccc1Cl. The van der Waals surface area contributed by atoms with Crippen LogP contribution in [0.3, 0.4) is 0 Å². The normalized spacial score (nSPS) is 12.2. The Kier molecular flexibility index (Phi) is 3.03. The van der Waals surface area contributed by atoms with Gasteiger partial charge in [0.1, 0.15) is 0 Å². The van der Waals surface area contributed by atoms with Crippen LogP contribution in [0, 0.1) is 12.3 Å². The summed E-state index contributed by atoms with van der Waals surface area (Å²) in [5.41, 5.74) is 0.836. The Balaban J connectivity index is 3.23. The van der Waals surface area contributed by atoms with E-state index in [2.05, 4.69) is 5.92 Å². The third-order valence-corrected chi connectivity index (χ3v) is 2.34. The molecule has 0 saturated carbocycles. The molecule has 0 fully saturated rings. The van der Waals surface area contributed by atoms with E-state index in [9.17, 15) is 0 Å². The summed E-state index contributed by atoms with van der Waals surface area (Å²) in [4.78, 5) is 0. The van der Waals surface area contributed by atoms with Gasteiger partial charge in [0.25, 0.3) is 0 Å². The van der Waals surface area contributed by atoms with Crippen molar-refractivity contribution < 1.29 is 0 Å². The van der Waals surface area contributed by atoms with Crippen molar-refractivity contribution in [3.63, 3.8) is 0 Å². The Morgan fingerprint density at radius 2 is 1.83 bits per heavy atom. The van der Waals surface area contributed by atoms with Crippen LogP contribution in [0.15, 0.2) is 18.2 Å². The van der Waals surface area contributed by atoms with Crippen LogP contribution in [0.25, 0.3) is 0 Å². The Morgan fingerprint density at radius 1 is 1.33 bits per heavy atom. The van der Waals surface area contributed by atoms with Crippen molar-refractivity contribution in [2.24, 2.45) is 0 Å². The van der Waals surface area contributed by atoms with Crippen molar-refractivity contribution in [1.29, 1.82) is 0 Å². The number of hydrogen-bond donors (Lipinski definition) is 0. The number of terminal acetylenes is 1. The summed E-state index contributed by atoms with van der Waals surface area (Å²) in [6.45, 7) is 1.90. The molecule has 62 valence electrons. The van der Waals surface area contributed by atoms with E-state index in [0.717, 1.165) is 5.56 Å². The van der Waals surface area contributed by atoms with Crippen molar-refractivity contribution in [3.05, 3.63) is 33.8 Å². The van der Waals surface area contributed by atoms with Crippen LogP contribution in [0.2, 0.25) is 10.0 Å². The second-order valence-corrected chi connectivity index (χ2v) is 3.34. The largest absolute Gasteiger partial charge is 0.119 e. The molecule has 2 heteroatoms. The van der Waals surface area contributed by atoms with Gasteiger partial charge < -0.3 is 0 Å². The number of benzene rings is 1. The Bertz CT molecular complexity index is 303. The van der Waals surface area contributed by atoms with Crippen LogP contribution < -0.4 is 0 Å². The van der Waals surface area contributed by atoms with E-state index in [1.54, 1.807) is 18.2 Å². The first kappa shape index (κ1) is 9.45. The minimum absolute atomic E-state index is 0.0359. The maximum Gasteiger partial charge on any atom is 0.0465 e. The van der Waals surface area contributed by atoms with Gasteiger partial charge in [-0.1, -0.05) is 35.2 Å². The van der Waals surface area contributed by atoms with E-state index in [1.807, 2.05) is 6.92 Å². The maximum atomic E-state index is 5.92. The molecule has 0 aliphatic rings. The average Bonchev–Trinajstić information content (AvgIpc) is 2.03. The van der Waals surface area contributed by atoms with E-state index in [0.29, 0.717) is 10.0 Å². The summed E-state index contributed by atoms with van der Waals surface area (Å²) in [7, 11) is 0. The lowest BCUT2D eigenvalue weighted by Crippen LogP contribution is -1.91. The zero-order chi connectivity index (χ0) is 9.14. The van der Waals surface area contributed by atoms with Gasteiger partial charge in [-0.2, -0.15) is 0 Å². The van der Waals surface area contributed by atoms with Gasteiger partial charge in [0.2, 0.25) is 0 Å². The number of rotatable bonds is 1. The third-order valence-electron chi connectivity index (χ3n) is 1.68. The highest BCUT2D eigenvalue weighted by Crippen LogP contribution is 2.30. The molecule has 0 radical (unpaired) electrons. The van der Waals surface area contributed by atoms with E-state index < -0.39 is 0 Å². The monoisotopic (exact) mass is 198 g/mol. The second-order valence-electron chi connectivity index (χ2n) is 2.52. The van der Waals surface area contributed by atoms with E-state index >= 15 is 0 Å². The molecule has 1 rings (SSSR count). The minimum Gasteiger partial charge on any atom is -0.119 e. The summed E-state index contributed by atoms with van der Waals surface area (Å²) < 4.78 is 0. The van der Waals surface area contributed by atoms with Gasteiger partial charge >= 0.3 is 0 Å². The van der Waals surface area contributed by atoms with Crippen molar-refractivity contribution in [2.75, 3.05) is 0 Å². The van der Waals surface area contributed by atoms with Crippen LogP contribution in [-0.4, -0.2) is 0 Å². The molecule has 0 aliphatic carbocycles. The number of halogens is 2. The van der Waals surface area contributed by atoms with Gasteiger partial charge in [0, 0.05) is 21.5 Å². The molecule has 0 amide bonds. The fourth-order valence-corrected chi connectivity index (χ4v) is 1.73. The van der Waals surface area contributed by atoms with Crippen LogP contribution >= 0.6 is 23.2 Å². The minimum atomic E-state index is -0.0359. The first-order valence-electron chi connectivity index (χ1n) is 3.57. The van der Waals surface area contributed by atoms with Gasteiger partial charge in [-0.05, 0) is 19.1 Å². The third kappa shape index (κ3) is 1.75. The molecule has 1 aromatic rings. The van der Waals surface area contributed by atoms with Crippen LogP contribution in [0.4, 0.5) is 0 Å². The molecule has 0 bridgehead atoms. The smallest absolute Gasteiger partial charge is 0.0465 e. The summed E-state index contributed by atoms with van der Waals surface area (Å²) in [5, 5.41) is 1.26. The fourth-order valence-electron chi connectivity index (χ4n) is 1.01. The standard InChI is InChI=1S/C10H8Cl2/c1-3-7(2)10-8(11)5-4-6-9(10)12/h1,4-7H,2H3. The topological polar surface area (TPSA) is 0 Å². The molecule has 0 aliphatic heterocycles. The summed E-state index contributed by atoms with van der Waals surface area (Å²) in [6.07, 6.45) is 5.27. The van der Waals surface area contributed by atoms with Gasteiger partial charge in [-0.25, -0.2) is 0 Å². The van der Waals surface area contributed by atoms with Crippen LogP contribution in [-0.2, 0) is 0 Å². The quantitative estimate of drug-likeness (QED) is 0.604. The Labute approximate surface area is 82.5 Å². The summed E-state index contributed by atoms with van der Waals surface area (Å²) in [6, 6.07) is 5.38. The van der Waals surface area contributed by atoms with E-state index in [4.69, 9.17) is 29.6 Å². The molecule has 0 heterocycles. The molecule has 0 aromatic heterocycles. The molecule has 0 N–H and O–H groups in total. The lowest BCUT2D eigenvalue weighted by molar-refractivity contribution is 1.01. The summed E-state index contributed by atoms with van der Waals surface area (Å²) in [5.74, 6) is 2.56. The highest BCUT2D eigenvalue weighted by molar-refractivity contribution is 6.36. The van der Waals surface area contributed by atoms with Crippen LogP contribution in [0.5, 0.6) is 0 Å². The van der Waals surface area contributed by atoms with E-state index in [1.165, 1.54) is 0 Å². The van der Waals surface area contributed by atoms with Crippen LogP contribution in [0.1, 0.15) is 18.4 Å². The maximum absolute atomic E-state index is 5.92. The van der Waals surface area contributed by atoms with Gasteiger partial charge in [-0.15, -0.1) is 6.42 Å². The van der Waals surface area contributed by atoms with Gasteiger partial charge in [0.05, 0.1) is 0 Å². The van der Waals surface area contributed by atoms with Crippen molar-refractivity contribution >= 4 is 23.2 Å². The first-order valence-corrected chi connectivity index (χ1v) is 4.32. The zero-order valence-electron chi connectivity index (χ0n) is 6.64. The zero-order valence-corrected chi connectivity index (χ0v) is 8.15. The molecule has 1 aromatic carbocycles. The predicted molar refractivity (Wildman–Crippen MR) is 53.7 cm³/mol. The first-order chi connectivity index (χ1) is 5.66. The average molecular weight is 199 g/mol. The Hall–Kier alpha value is -0.640. The second kappa shape index (κ2) is 3.85. The van der Waals surface area contributed by atoms with Crippen molar-refractivity contribution in [2.45, 2.75) is 12.8 Å². The molecule has 12 heavy (non-hydrogen) atoms. The molecule has 0 nitrogen and oxygen atoms in total. The summed E-state index contributed by atoms with van der Waals surface area (Å²) >= 11 is 11.8. The highest BCUT2D eigenvalue weighted by Gasteiger charge is 2.10. The molecular weight excluding hydrogens is 191 g/mol. The molecule has 0 saturated heterocycles. The lowest BCUT2D eigenvalue weighted by Gasteiger charge is -2.08. The van der Waals surface area contributed by atoms with Gasteiger partial charge in [0.15, 0.2) is 0 Å². The van der Waals surface area contributed by atoms with Crippen molar-refractivity contribution in [1.82, 2.24) is 0 Å². The highest BCUT2D eigenvalue weighted by atomic mass is 35.5. The lowest BCUT2D eigenvalue weighted by atomic mass is 10.0. The molecule has 0 spiro atoms. The number of hydrogen-bond acceptors (Lipinski definition) is 0. The fraction of sp³-hybridized carbons (Fsp3) is 0.200. The van der Waals surface area contributed by atoms with Gasteiger partial charge in [-0.3, -0.25) is 0 Å². The van der Waals surface area contributed by atoms with E-state index in [-0.39, 0.29) is 5.92 Å².